The lowest BCUT2D eigenvalue weighted by Crippen LogP contribution is -2.28. The molecule has 0 saturated heterocycles. The van der Waals surface area contributed by atoms with Crippen molar-refractivity contribution in [2.24, 2.45) is 0 Å². The van der Waals surface area contributed by atoms with Gasteiger partial charge < -0.3 is 4.18 Å². The molecule has 0 aliphatic rings. The zero-order valence-corrected chi connectivity index (χ0v) is 12.6. The molecule has 0 aliphatic heterocycles. The van der Waals surface area contributed by atoms with Gasteiger partial charge in [-0.1, -0.05) is 18.2 Å². The lowest BCUT2D eigenvalue weighted by Gasteiger charge is -2.08. The maximum absolute atomic E-state index is 12.2. The fourth-order valence-electron chi connectivity index (χ4n) is 1.38. The SMILES string of the molecule is O=S(=O)(c1ccccc1)c1ccc(OS(=O)(=O)C(F)(F)F)nn1. The van der Waals surface area contributed by atoms with Gasteiger partial charge in [-0.3, -0.25) is 0 Å². The first kappa shape index (κ1) is 17.1. The van der Waals surface area contributed by atoms with Crippen LogP contribution in [0.25, 0.3) is 0 Å². The molecule has 7 nitrogen and oxygen atoms in total. The Morgan fingerprint density at radius 1 is 0.870 bits per heavy atom. The standard InChI is InChI=1S/C11H7F3N2O5S2/c12-11(13,14)23(19,20)21-9-6-7-10(16-15-9)22(17,18)8-4-2-1-3-5-8/h1-7H. The Morgan fingerprint density at radius 3 is 1.96 bits per heavy atom. The molecular formula is C11H7F3N2O5S2. The highest BCUT2D eigenvalue weighted by Gasteiger charge is 2.48. The molecule has 0 saturated carbocycles. The average Bonchev–Trinajstić information content (AvgIpc) is 2.47. The van der Waals surface area contributed by atoms with Crippen LogP contribution in [0.2, 0.25) is 0 Å². The van der Waals surface area contributed by atoms with Crippen LogP contribution in [0.15, 0.2) is 52.4 Å². The van der Waals surface area contributed by atoms with Gasteiger partial charge in [0.15, 0.2) is 5.03 Å². The number of sulfone groups is 1. The minimum absolute atomic E-state index is 0.106. The molecule has 0 fully saturated rings. The molecule has 0 aliphatic carbocycles. The van der Waals surface area contributed by atoms with Crippen molar-refractivity contribution in [3.05, 3.63) is 42.5 Å². The molecule has 12 heteroatoms. The molecular weight excluding hydrogens is 361 g/mol. The highest BCUT2D eigenvalue weighted by atomic mass is 32.2. The summed E-state index contributed by atoms with van der Waals surface area (Å²) in [7, 11) is -9.93. The topological polar surface area (TPSA) is 103 Å². The highest BCUT2D eigenvalue weighted by molar-refractivity contribution is 7.91. The molecule has 1 heterocycles. The van der Waals surface area contributed by atoms with Crippen molar-refractivity contribution in [2.75, 3.05) is 0 Å². The zero-order valence-electron chi connectivity index (χ0n) is 10.9. The van der Waals surface area contributed by atoms with E-state index < -0.39 is 36.4 Å². The van der Waals surface area contributed by atoms with Gasteiger partial charge in [0.25, 0.3) is 5.88 Å². The maximum atomic E-state index is 12.2. The molecule has 124 valence electrons. The van der Waals surface area contributed by atoms with Crippen molar-refractivity contribution in [1.29, 1.82) is 0 Å². The molecule has 1 aromatic heterocycles. The lowest BCUT2D eigenvalue weighted by molar-refractivity contribution is -0.0501. The molecule has 0 radical (unpaired) electrons. The number of rotatable bonds is 4. The first-order valence-electron chi connectivity index (χ1n) is 5.69. The smallest absolute Gasteiger partial charge is 0.354 e. The number of nitrogens with zero attached hydrogens (tertiary/aromatic N) is 2. The summed E-state index contributed by atoms with van der Waals surface area (Å²) in [6, 6.07) is 8.54. The minimum Gasteiger partial charge on any atom is -0.354 e. The first-order chi connectivity index (χ1) is 10.5. The van der Waals surface area contributed by atoms with Crippen LogP contribution in [0.4, 0.5) is 13.2 Å². The van der Waals surface area contributed by atoms with E-state index in [9.17, 15) is 30.0 Å². The monoisotopic (exact) mass is 368 g/mol. The van der Waals surface area contributed by atoms with Crippen LogP contribution < -0.4 is 4.18 Å². The molecule has 0 N–H and O–H groups in total. The van der Waals surface area contributed by atoms with Crippen LogP contribution in [-0.2, 0) is 20.0 Å². The van der Waals surface area contributed by atoms with Crippen LogP contribution in [-0.4, -0.2) is 32.5 Å². The average molecular weight is 368 g/mol. The second-order valence-corrected chi connectivity index (χ2v) is 7.44. The fraction of sp³-hybridized carbons (Fsp3) is 0.0909. The van der Waals surface area contributed by atoms with Gasteiger partial charge in [0, 0.05) is 6.07 Å². The Kier molecular flexibility index (Phi) is 4.30. The van der Waals surface area contributed by atoms with Gasteiger partial charge in [-0.05, 0) is 18.2 Å². The van der Waals surface area contributed by atoms with E-state index in [1.54, 1.807) is 6.07 Å². The Morgan fingerprint density at radius 2 is 1.48 bits per heavy atom. The van der Waals surface area contributed by atoms with Crippen LogP contribution in [0.1, 0.15) is 0 Å². The van der Waals surface area contributed by atoms with E-state index in [2.05, 4.69) is 14.4 Å². The largest absolute Gasteiger partial charge is 0.534 e. The molecule has 0 atom stereocenters. The van der Waals surface area contributed by atoms with Gasteiger partial charge >= 0.3 is 15.6 Å². The summed E-state index contributed by atoms with van der Waals surface area (Å²) in [5.41, 5.74) is -5.64. The summed E-state index contributed by atoms with van der Waals surface area (Å²) >= 11 is 0. The Hall–Kier alpha value is -2.21. The third-order valence-corrected chi connectivity index (χ3v) is 5.04. The maximum Gasteiger partial charge on any atom is 0.534 e. The van der Waals surface area contributed by atoms with Gasteiger partial charge in [-0.15, -0.1) is 10.2 Å². The van der Waals surface area contributed by atoms with Gasteiger partial charge in [0.2, 0.25) is 9.84 Å². The molecule has 1 aromatic carbocycles. The van der Waals surface area contributed by atoms with Crippen LogP contribution in [0.3, 0.4) is 0 Å². The van der Waals surface area contributed by atoms with Crippen LogP contribution in [0, 0.1) is 0 Å². The summed E-state index contributed by atoms with van der Waals surface area (Å²) in [6.07, 6.45) is 0. The van der Waals surface area contributed by atoms with E-state index in [0.717, 1.165) is 6.07 Å². The molecule has 0 bridgehead atoms. The zero-order chi connectivity index (χ0) is 17.3. The van der Waals surface area contributed by atoms with Crippen molar-refractivity contribution in [2.45, 2.75) is 15.4 Å². The normalized spacial score (nSPS) is 12.8. The van der Waals surface area contributed by atoms with Crippen molar-refractivity contribution >= 4 is 20.0 Å². The number of alkyl halides is 3. The Labute approximate surface area is 128 Å². The summed E-state index contributed by atoms with van der Waals surface area (Å²) in [6.45, 7) is 0. The van der Waals surface area contributed by atoms with Crippen molar-refractivity contribution in [3.8, 4) is 5.88 Å². The number of benzene rings is 1. The van der Waals surface area contributed by atoms with Crippen LogP contribution >= 0.6 is 0 Å². The fourth-order valence-corrected chi connectivity index (χ4v) is 2.94. The van der Waals surface area contributed by atoms with E-state index in [-0.39, 0.29) is 4.90 Å². The Balaban J connectivity index is 2.31. The van der Waals surface area contributed by atoms with Crippen LogP contribution in [0.5, 0.6) is 5.88 Å². The lowest BCUT2D eigenvalue weighted by atomic mass is 10.4. The van der Waals surface area contributed by atoms with Crippen molar-refractivity contribution < 1.29 is 34.2 Å². The molecule has 2 aromatic rings. The second kappa shape index (κ2) is 5.77. The van der Waals surface area contributed by atoms with E-state index in [0.29, 0.717) is 6.07 Å². The second-order valence-electron chi connectivity index (χ2n) is 4.01. The first-order valence-corrected chi connectivity index (χ1v) is 8.58. The highest BCUT2D eigenvalue weighted by Crippen LogP contribution is 2.26. The van der Waals surface area contributed by atoms with Gasteiger partial charge in [-0.25, -0.2) is 8.42 Å². The van der Waals surface area contributed by atoms with Gasteiger partial charge in [0.1, 0.15) is 0 Å². The van der Waals surface area contributed by atoms with Gasteiger partial charge in [0.05, 0.1) is 4.90 Å². The van der Waals surface area contributed by atoms with Crippen molar-refractivity contribution in [1.82, 2.24) is 10.2 Å². The summed E-state index contributed by atoms with van der Waals surface area (Å²) in [4.78, 5) is -0.106. The molecule has 0 amide bonds. The molecule has 0 spiro atoms. The number of hydrogen-bond donors (Lipinski definition) is 0. The molecule has 0 unspecified atom stereocenters. The number of aromatic nitrogens is 2. The van der Waals surface area contributed by atoms with E-state index in [1.165, 1.54) is 24.3 Å². The minimum atomic E-state index is -5.90. The predicted molar refractivity (Wildman–Crippen MR) is 69.5 cm³/mol. The van der Waals surface area contributed by atoms with E-state index >= 15 is 0 Å². The third kappa shape index (κ3) is 3.59. The predicted octanol–water partition coefficient (Wildman–Crippen LogP) is 1.54. The number of hydrogen-bond acceptors (Lipinski definition) is 7. The van der Waals surface area contributed by atoms with E-state index in [4.69, 9.17) is 0 Å². The van der Waals surface area contributed by atoms with Gasteiger partial charge in [-0.2, -0.15) is 21.6 Å². The summed E-state index contributed by atoms with van der Waals surface area (Å²) < 4.78 is 86.1. The van der Waals surface area contributed by atoms with Crippen molar-refractivity contribution in [3.63, 3.8) is 0 Å². The number of halogens is 3. The van der Waals surface area contributed by atoms with E-state index in [1.807, 2.05) is 0 Å². The summed E-state index contributed by atoms with van der Waals surface area (Å²) in [5.74, 6) is -1.01. The third-order valence-electron chi connectivity index (χ3n) is 2.42. The Bertz CT molecular complexity index is 895. The quantitative estimate of drug-likeness (QED) is 0.596. The summed E-state index contributed by atoms with van der Waals surface area (Å²) in [5, 5.41) is 5.67. The molecule has 23 heavy (non-hydrogen) atoms. The molecule has 2 rings (SSSR count).